The lowest BCUT2D eigenvalue weighted by Gasteiger charge is -2.36. The van der Waals surface area contributed by atoms with E-state index in [0.717, 1.165) is 31.2 Å². The molecule has 1 aliphatic carbocycles. The quantitative estimate of drug-likeness (QED) is 0.607. The largest absolute Gasteiger partial charge is 0.351 e. The first kappa shape index (κ1) is 25.7. The minimum Gasteiger partial charge on any atom is -0.351 e. The molecule has 0 spiro atoms. The Morgan fingerprint density at radius 1 is 0.914 bits per heavy atom. The van der Waals surface area contributed by atoms with Gasteiger partial charge in [-0.05, 0) is 68.5 Å². The first-order chi connectivity index (χ1) is 16.8. The van der Waals surface area contributed by atoms with Crippen LogP contribution in [0.25, 0.3) is 0 Å². The van der Waals surface area contributed by atoms with Crippen LogP contribution in [0.2, 0.25) is 5.02 Å². The number of carbonyl (C=O) groups excluding carboxylic acids is 2. The highest BCUT2D eigenvalue weighted by atomic mass is 35.5. The van der Waals surface area contributed by atoms with Crippen LogP contribution in [0.15, 0.2) is 53.4 Å². The molecule has 4 rings (SSSR count). The Bertz CT molecular complexity index is 1170. The molecule has 1 saturated carbocycles. The maximum absolute atomic E-state index is 13.2. The zero-order valence-electron chi connectivity index (χ0n) is 19.9. The van der Waals surface area contributed by atoms with Crippen LogP contribution in [0.5, 0.6) is 0 Å². The molecule has 2 N–H and O–H groups in total. The number of amides is 2. The third kappa shape index (κ3) is 6.05. The summed E-state index contributed by atoms with van der Waals surface area (Å²) in [5.74, 6) is -0.712. The number of piperidine rings is 1. The Labute approximate surface area is 212 Å². The molecule has 188 valence electrons. The van der Waals surface area contributed by atoms with Gasteiger partial charge in [-0.15, -0.1) is 0 Å². The Morgan fingerprint density at radius 2 is 1.57 bits per heavy atom. The van der Waals surface area contributed by atoms with E-state index < -0.39 is 15.9 Å². The SMILES string of the molecule is Cc1ccccc1C(=O)N[C@@H]1CCCC[C@H]1NC(=O)[C@@H]1CCCN(S(=O)(=O)c2ccc(Cl)cc2)C1. The van der Waals surface area contributed by atoms with Crippen LogP contribution in [0, 0.1) is 12.8 Å². The van der Waals surface area contributed by atoms with Crippen LogP contribution < -0.4 is 10.6 Å². The number of nitrogens with one attached hydrogen (secondary N) is 2. The molecule has 2 fully saturated rings. The molecule has 0 radical (unpaired) electrons. The number of hydrogen-bond acceptors (Lipinski definition) is 4. The third-order valence-corrected chi connectivity index (χ3v) is 9.14. The summed E-state index contributed by atoms with van der Waals surface area (Å²) in [5.41, 5.74) is 1.55. The van der Waals surface area contributed by atoms with Gasteiger partial charge < -0.3 is 10.6 Å². The molecular formula is C26H32ClN3O4S. The lowest BCUT2D eigenvalue weighted by atomic mass is 9.89. The molecule has 2 aliphatic rings. The van der Waals surface area contributed by atoms with Gasteiger partial charge in [0.15, 0.2) is 0 Å². The maximum Gasteiger partial charge on any atom is 0.251 e. The standard InChI is InChI=1S/C26H32ClN3O4S/c1-18-7-2-3-9-22(18)26(32)29-24-11-5-4-10-23(24)28-25(31)19-8-6-16-30(17-19)35(33,34)21-14-12-20(27)13-15-21/h2-3,7,9,12-15,19,23-24H,4-6,8,10-11,16-17H2,1H3,(H,28,31)(H,29,32)/t19-,23-,24-/m1/s1. The normalized spacial score (nSPS) is 23.4. The Balaban J connectivity index is 1.40. The Kier molecular flexibility index (Phi) is 8.14. The summed E-state index contributed by atoms with van der Waals surface area (Å²) in [6.45, 7) is 2.43. The van der Waals surface area contributed by atoms with Crippen LogP contribution in [-0.2, 0) is 14.8 Å². The van der Waals surface area contributed by atoms with E-state index >= 15 is 0 Å². The molecule has 1 aliphatic heterocycles. The smallest absolute Gasteiger partial charge is 0.251 e. The van der Waals surface area contributed by atoms with E-state index in [4.69, 9.17) is 11.6 Å². The molecule has 1 saturated heterocycles. The molecule has 3 atom stereocenters. The average molecular weight is 518 g/mol. The average Bonchev–Trinajstić information content (AvgIpc) is 2.86. The number of aryl methyl sites for hydroxylation is 1. The van der Waals surface area contributed by atoms with Crippen molar-refractivity contribution in [1.82, 2.24) is 14.9 Å². The van der Waals surface area contributed by atoms with Crippen LogP contribution in [0.1, 0.15) is 54.4 Å². The summed E-state index contributed by atoms with van der Waals surface area (Å²) < 4.78 is 27.6. The highest BCUT2D eigenvalue weighted by Crippen LogP contribution is 2.26. The van der Waals surface area contributed by atoms with Gasteiger partial charge in [-0.3, -0.25) is 9.59 Å². The van der Waals surface area contributed by atoms with E-state index in [1.807, 2.05) is 25.1 Å². The van der Waals surface area contributed by atoms with Crippen molar-refractivity contribution in [3.8, 4) is 0 Å². The summed E-state index contributed by atoms with van der Waals surface area (Å²) in [6.07, 6.45) is 4.79. The molecule has 2 amide bonds. The number of carbonyl (C=O) groups is 2. The van der Waals surface area contributed by atoms with Crippen molar-refractivity contribution < 1.29 is 18.0 Å². The summed E-state index contributed by atoms with van der Waals surface area (Å²) in [7, 11) is -3.70. The van der Waals surface area contributed by atoms with Crippen molar-refractivity contribution >= 4 is 33.4 Å². The number of sulfonamides is 1. The van der Waals surface area contributed by atoms with Crippen LogP contribution >= 0.6 is 11.6 Å². The topological polar surface area (TPSA) is 95.6 Å². The minimum absolute atomic E-state index is 0.132. The molecule has 2 aromatic carbocycles. The fourth-order valence-corrected chi connectivity index (χ4v) is 6.63. The molecule has 0 unspecified atom stereocenters. The van der Waals surface area contributed by atoms with Gasteiger partial charge in [-0.25, -0.2) is 8.42 Å². The van der Waals surface area contributed by atoms with E-state index in [9.17, 15) is 18.0 Å². The van der Waals surface area contributed by atoms with Gasteiger partial charge in [-0.1, -0.05) is 42.6 Å². The lowest BCUT2D eigenvalue weighted by molar-refractivity contribution is -0.127. The first-order valence-corrected chi connectivity index (χ1v) is 14.0. The van der Waals surface area contributed by atoms with Gasteiger partial charge in [-0.2, -0.15) is 4.31 Å². The number of hydrogen-bond donors (Lipinski definition) is 2. The molecule has 9 heteroatoms. The zero-order valence-corrected chi connectivity index (χ0v) is 21.4. The summed E-state index contributed by atoms with van der Waals surface area (Å²) >= 11 is 5.90. The number of benzene rings is 2. The molecular weight excluding hydrogens is 486 g/mol. The first-order valence-electron chi connectivity index (χ1n) is 12.2. The second kappa shape index (κ2) is 11.1. The summed E-state index contributed by atoms with van der Waals surface area (Å²) in [6, 6.07) is 13.2. The van der Waals surface area contributed by atoms with Gasteiger partial charge >= 0.3 is 0 Å². The second-order valence-corrected chi connectivity index (χ2v) is 11.8. The van der Waals surface area contributed by atoms with Crippen molar-refractivity contribution in [2.75, 3.05) is 13.1 Å². The van der Waals surface area contributed by atoms with E-state index in [2.05, 4.69) is 10.6 Å². The fourth-order valence-electron chi connectivity index (χ4n) is 4.98. The van der Waals surface area contributed by atoms with Gasteiger partial charge in [0.2, 0.25) is 15.9 Å². The molecule has 0 aromatic heterocycles. The highest BCUT2D eigenvalue weighted by molar-refractivity contribution is 7.89. The third-order valence-electron chi connectivity index (χ3n) is 7.01. The van der Waals surface area contributed by atoms with Crippen LogP contribution in [0.4, 0.5) is 0 Å². The van der Waals surface area contributed by atoms with Crippen molar-refractivity contribution in [2.24, 2.45) is 5.92 Å². The molecule has 35 heavy (non-hydrogen) atoms. The van der Waals surface area contributed by atoms with E-state index in [1.54, 1.807) is 18.2 Å². The van der Waals surface area contributed by atoms with Crippen LogP contribution in [-0.4, -0.2) is 49.7 Å². The molecule has 1 heterocycles. The molecule has 7 nitrogen and oxygen atoms in total. The van der Waals surface area contributed by atoms with Crippen LogP contribution in [0.3, 0.4) is 0 Å². The van der Waals surface area contributed by atoms with Crippen molar-refractivity contribution in [2.45, 2.75) is 62.4 Å². The zero-order chi connectivity index (χ0) is 25.0. The summed E-state index contributed by atoms with van der Waals surface area (Å²) in [4.78, 5) is 26.3. The minimum atomic E-state index is -3.70. The van der Waals surface area contributed by atoms with E-state index in [1.165, 1.54) is 16.4 Å². The van der Waals surface area contributed by atoms with Gasteiger partial charge in [0.25, 0.3) is 5.91 Å². The van der Waals surface area contributed by atoms with Crippen molar-refractivity contribution in [3.63, 3.8) is 0 Å². The predicted molar refractivity (Wildman–Crippen MR) is 136 cm³/mol. The van der Waals surface area contributed by atoms with E-state index in [-0.39, 0.29) is 35.3 Å². The van der Waals surface area contributed by atoms with Gasteiger partial charge in [0.1, 0.15) is 0 Å². The van der Waals surface area contributed by atoms with Crippen molar-refractivity contribution in [3.05, 3.63) is 64.7 Å². The predicted octanol–water partition coefficient (Wildman–Crippen LogP) is 3.91. The van der Waals surface area contributed by atoms with E-state index in [0.29, 0.717) is 30.0 Å². The van der Waals surface area contributed by atoms with Crippen molar-refractivity contribution in [1.29, 1.82) is 0 Å². The Morgan fingerprint density at radius 3 is 2.26 bits per heavy atom. The molecule has 2 aromatic rings. The molecule has 0 bridgehead atoms. The lowest BCUT2D eigenvalue weighted by Crippen LogP contribution is -2.55. The fraction of sp³-hybridized carbons (Fsp3) is 0.462. The summed E-state index contributed by atoms with van der Waals surface area (Å²) in [5, 5.41) is 6.73. The maximum atomic E-state index is 13.2. The number of halogens is 1. The number of rotatable bonds is 6. The highest BCUT2D eigenvalue weighted by Gasteiger charge is 2.35. The monoisotopic (exact) mass is 517 g/mol. The second-order valence-electron chi connectivity index (χ2n) is 9.45. The number of nitrogens with zero attached hydrogens (tertiary/aromatic N) is 1. The van der Waals surface area contributed by atoms with Gasteiger partial charge in [0.05, 0.1) is 10.8 Å². The van der Waals surface area contributed by atoms with Gasteiger partial charge in [0, 0.05) is 35.8 Å². The Hall–Kier alpha value is -2.42.